The van der Waals surface area contributed by atoms with Gasteiger partial charge >= 0.3 is 5.97 Å². The highest BCUT2D eigenvalue weighted by molar-refractivity contribution is 5.91. The zero-order chi connectivity index (χ0) is 16.5. The quantitative estimate of drug-likeness (QED) is 0.569. The number of nitrogens with one attached hydrogen (secondary N) is 1. The highest BCUT2D eigenvalue weighted by Gasteiger charge is 2.12. The molecule has 0 bridgehead atoms. The van der Waals surface area contributed by atoms with E-state index in [1.165, 1.54) is 0 Å². The fraction of sp³-hybridized carbons (Fsp3) is 0.438. The lowest BCUT2D eigenvalue weighted by Gasteiger charge is -2.10. The molecule has 6 nitrogen and oxygen atoms in total. The van der Waals surface area contributed by atoms with Crippen LogP contribution in [0.2, 0.25) is 0 Å². The normalized spacial score (nSPS) is 10.5. The number of nitrogens with two attached hydrogens (primary N) is 1. The number of hydrogen-bond donors (Lipinski definition) is 3. The Bertz CT molecular complexity index is 593. The zero-order valence-electron chi connectivity index (χ0n) is 13.4. The molecule has 1 aromatic carbocycles. The molecule has 0 aliphatic heterocycles. The van der Waals surface area contributed by atoms with E-state index in [1.807, 2.05) is 32.4 Å². The Morgan fingerprint density at radius 2 is 2.09 bits per heavy atom. The summed E-state index contributed by atoms with van der Waals surface area (Å²) < 4.78 is 5.29. The largest absolute Gasteiger partial charge is 0.425 e. The van der Waals surface area contributed by atoms with Crippen LogP contribution in [-0.4, -0.2) is 54.8 Å². The predicted octanol–water partition coefficient (Wildman–Crippen LogP) is 1.13. The van der Waals surface area contributed by atoms with E-state index in [0.29, 0.717) is 5.75 Å². The van der Waals surface area contributed by atoms with Crippen LogP contribution < -0.4 is 10.5 Å². The van der Waals surface area contributed by atoms with Crippen LogP contribution in [0, 0.1) is 0 Å². The first-order chi connectivity index (χ1) is 10.5. The van der Waals surface area contributed by atoms with Crippen molar-refractivity contribution >= 4 is 16.9 Å². The summed E-state index contributed by atoms with van der Waals surface area (Å²) in [5.74, 6) is 0.148. The highest BCUT2D eigenvalue weighted by Crippen LogP contribution is 2.29. The Kier molecular flexibility index (Phi) is 7.59. The van der Waals surface area contributed by atoms with Gasteiger partial charge in [-0.05, 0) is 45.1 Å². The molecule has 0 amide bonds. The molecule has 2 aromatic rings. The van der Waals surface area contributed by atoms with Crippen molar-refractivity contribution in [3.8, 4) is 5.75 Å². The molecule has 0 aliphatic carbocycles. The Labute approximate surface area is 130 Å². The third-order valence-electron chi connectivity index (χ3n) is 2.97. The SMILES string of the molecule is CCO.CN(C)CCc1c[nH]c2cccc(OC(=O)CN)c12. The van der Waals surface area contributed by atoms with Crippen molar-refractivity contribution in [1.29, 1.82) is 0 Å². The third-order valence-corrected chi connectivity index (χ3v) is 2.97. The number of rotatable bonds is 5. The van der Waals surface area contributed by atoms with Gasteiger partial charge in [-0.15, -0.1) is 0 Å². The minimum Gasteiger partial charge on any atom is -0.425 e. The van der Waals surface area contributed by atoms with E-state index in [1.54, 1.807) is 13.0 Å². The van der Waals surface area contributed by atoms with Crippen LogP contribution in [0.1, 0.15) is 12.5 Å². The minimum atomic E-state index is -0.424. The molecule has 4 N–H and O–H groups in total. The summed E-state index contributed by atoms with van der Waals surface area (Å²) in [5.41, 5.74) is 7.40. The number of aromatic nitrogens is 1. The van der Waals surface area contributed by atoms with Gasteiger partial charge < -0.3 is 25.5 Å². The number of aliphatic hydroxyl groups excluding tert-OH is 1. The number of fused-ring (bicyclic) bond motifs is 1. The van der Waals surface area contributed by atoms with Crippen molar-refractivity contribution in [2.75, 3.05) is 33.8 Å². The van der Waals surface area contributed by atoms with E-state index in [4.69, 9.17) is 15.6 Å². The van der Waals surface area contributed by atoms with Gasteiger partial charge in [0.25, 0.3) is 0 Å². The van der Waals surface area contributed by atoms with Crippen molar-refractivity contribution in [2.24, 2.45) is 5.73 Å². The van der Waals surface area contributed by atoms with Gasteiger partial charge in [-0.2, -0.15) is 0 Å². The summed E-state index contributed by atoms with van der Waals surface area (Å²) in [4.78, 5) is 16.7. The summed E-state index contributed by atoms with van der Waals surface area (Å²) in [6.07, 6.45) is 2.86. The van der Waals surface area contributed by atoms with Gasteiger partial charge in [-0.1, -0.05) is 6.07 Å². The molecule has 0 unspecified atom stereocenters. The van der Waals surface area contributed by atoms with Crippen molar-refractivity contribution in [3.63, 3.8) is 0 Å². The lowest BCUT2D eigenvalue weighted by atomic mass is 10.1. The van der Waals surface area contributed by atoms with Gasteiger partial charge in [0.2, 0.25) is 0 Å². The molecular weight excluding hydrogens is 282 g/mol. The summed E-state index contributed by atoms with van der Waals surface area (Å²) in [5, 5.41) is 8.53. The van der Waals surface area contributed by atoms with E-state index < -0.39 is 5.97 Å². The smallest absolute Gasteiger partial charge is 0.325 e. The molecule has 0 spiro atoms. The van der Waals surface area contributed by atoms with Crippen LogP contribution in [-0.2, 0) is 11.2 Å². The van der Waals surface area contributed by atoms with Gasteiger partial charge in [0.1, 0.15) is 5.75 Å². The molecule has 0 atom stereocenters. The minimum absolute atomic E-state index is 0.117. The summed E-state index contributed by atoms with van der Waals surface area (Å²) >= 11 is 0. The summed E-state index contributed by atoms with van der Waals surface area (Å²) in [7, 11) is 4.06. The molecule has 0 aliphatic rings. The monoisotopic (exact) mass is 307 g/mol. The first-order valence-corrected chi connectivity index (χ1v) is 7.28. The van der Waals surface area contributed by atoms with E-state index in [9.17, 15) is 4.79 Å². The molecule has 1 heterocycles. The molecule has 6 heteroatoms. The maximum absolute atomic E-state index is 11.4. The average molecular weight is 307 g/mol. The second kappa shape index (κ2) is 9.19. The Morgan fingerprint density at radius 1 is 1.41 bits per heavy atom. The number of aliphatic hydroxyl groups is 1. The number of esters is 1. The van der Waals surface area contributed by atoms with Gasteiger partial charge in [0, 0.05) is 30.3 Å². The fourth-order valence-corrected chi connectivity index (χ4v) is 2.01. The molecule has 22 heavy (non-hydrogen) atoms. The Hall–Kier alpha value is -1.89. The second-order valence-electron chi connectivity index (χ2n) is 5.04. The van der Waals surface area contributed by atoms with E-state index in [0.717, 1.165) is 29.4 Å². The Balaban J connectivity index is 0.000000745. The highest BCUT2D eigenvalue weighted by atomic mass is 16.5. The number of likely N-dealkylation sites (N-methyl/N-ethyl adjacent to an activating group) is 1. The Morgan fingerprint density at radius 3 is 2.68 bits per heavy atom. The van der Waals surface area contributed by atoms with Gasteiger partial charge in [0.15, 0.2) is 0 Å². The standard InChI is InChI=1S/C14H19N3O2.C2H6O/c1-17(2)7-6-10-9-16-11-4-3-5-12(14(10)11)19-13(18)8-15;1-2-3/h3-5,9,16H,6-8,15H2,1-2H3;3H,2H2,1H3. The predicted molar refractivity (Wildman–Crippen MR) is 88.0 cm³/mol. The average Bonchev–Trinajstić information content (AvgIpc) is 2.90. The molecular formula is C16H25N3O3. The number of benzene rings is 1. The van der Waals surface area contributed by atoms with Crippen LogP contribution in [0.5, 0.6) is 5.75 Å². The van der Waals surface area contributed by atoms with Crippen LogP contribution in [0.4, 0.5) is 0 Å². The lowest BCUT2D eigenvalue weighted by molar-refractivity contribution is -0.132. The van der Waals surface area contributed by atoms with Gasteiger partial charge in [-0.3, -0.25) is 4.79 Å². The number of carbonyl (C=O) groups excluding carboxylic acids is 1. The van der Waals surface area contributed by atoms with Crippen LogP contribution >= 0.6 is 0 Å². The maximum atomic E-state index is 11.4. The number of ether oxygens (including phenoxy) is 1. The second-order valence-corrected chi connectivity index (χ2v) is 5.04. The lowest BCUT2D eigenvalue weighted by Crippen LogP contribution is -2.19. The van der Waals surface area contributed by atoms with Crippen molar-refractivity contribution < 1.29 is 14.6 Å². The van der Waals surface area contributed by atoms with Crippen molar-refractivity contribution in [1.82, 2.24) is 9.88 Å². The van der Waals surface area contributed by atoms with Crippen LogP contribution in [0.15, 0.2) is 24.4 Å². The van der Waals surface area contributed by atoms with Gasteiger partial charge in [-0.25, -0.2) is 0 Å². The zero-order valence-corrected chi connectivity index (χ0v) is 13.4. The first kappa shape index (κ1) is 18.2. The number of nitrogens with zero attached hydrogens (tertiary/aromatic N) is 1. The van der Waals surface area contributed by atoms with Crippen molar-refractivity contribution in [3.05, 3.63) is 30.0 Å². The van der Waals surface area contributed by atoms with Crippen molar-refractivity contribution in [2.45, 2.75) is 13.3 Å². The molecule has 0 saturated carbocycles. The topological polar surface area (TPSA) is 91.6 Å². The fourth-order valence-electron chi connectivity index (χ4n) is 2.01. The summed E-state index contributed by atoms with van der Waals surface area (Å²) in [6, 6.07) is 5.62. The van der Waals surface area contributed by atoms with Crippen LogP contribution in [0.25, 0.3) is 10.9 Å². The van der Waals surface area contributed by atoms with E-state index in [2.05, 4.69) is 9.88 Å². The molecule has 1 aromatic heterocycles. The molecule has 122 valence electrons. The number of H-pyrrole nitrogens is 1. The molecule has 0 fully saturated rings. The first-order valence-electron chi connectivity index (χ1n) is 7.28. The van der Waals surface area contributed by atoms with E-state index >= 15 is 0 Å². The molecule has 0 radical (unpaired) electrons. The number of carbonyl (C=O) groups is 1. The summed E-state index contributed by atoms with van der Waals surface area (Å²) in [6.45, 7) is 2.75. The third kappa shape index (κ3) is 5.14. The van der Waals surface area contributed by atoms with Gasteiger partial charge in [0.05, 0.1) is 6.54 Å². The molecule has 0 saturated heterocycles. The maximum Gasteiger partial charge on any atom is 0.325 e. The van der Waals surface area contributed by atoms with Crippen LogP contribution in [0.3, 0.4) is 0 Å². The molecule has 2 rings (SSSR count). The van der Waals surface area contributed by atoms with E-state index in [-0.39, 0.29) is 13.2 Å². The number of aromatic amines is 1. The number of hydrogen-bond acceptors (Lipinski definition) is 5.